The van der Waals surface area contributed by atoms with Crippen LogP contribution in [-0.2, 0) is 17.6 Å². The lowest BCUT2D eigenvalue weighted by molar-refractivity contribution is 0.00520. The maximum atomic E-state index is 6.25. The second-order valence-electron chi connectivity index (χ2n) is 5.89. The second-order valence-corrected chi connectivity index (χ2v) is 5.89. The van der Waals surface area contributed by atoms with E-state index in [1.54, 1.807) is 6.33 Å². The predicted molar refractivity (Wildman–Crippen MR) is 71.9 cm³/mol. The Balaban J connectivity index is 1.57. The number of anilines is 1. The molecule has 19 heavy (non-hydrogen) atoms. The van der Waals surface area contributed by atoms with E-state index < -0.39 is 0 Å². The third-order valence-electron chi connectivity index (χ3n) is 4.87. The zero-order valence-electron chi connectivity index (χ0n) is 11.0. The van der Waals surface area contributed by atoms with Crippen LogP contribution in [0.2, 0.25) is 0 Å². The molecule has 102 valence electrons. The Morgan fingerprint density at radius 3 is 3.11 bits per heavy atom. The highest BCUT2D eigenvalue weighted by molar-refractivity contribution is 5.49. The lowest BCUT2D eigenvalue weighted by Crippen LogP contribution is -2.65. The standard InChI is InChI=1S/C14H20N4O/c15-11-9-5-6-19-13(9)12(11)18-14-8-3-1-2-4-10(8)16-7-17-14/h7,9,11-13H,1-6,15H2,(H,16,17,18). The molecule has 0 amide bonds. The molecule has 1 saturated carbocycles. The maximum Gasteiger partial charge on any atom is 0.133 e. The molecule has 5 heteroatoms. The number of nitrogens with zero attached hydrogens (tertiary/aromatic N) is 2. The molecule has 4 unspecified atom stereocenters. The largest absolute Gasteiger partial charge is 0.376 e. The van der Waals surface area contributed by atoms with Gasteiger partial charge in [-0.15, -0.1) is 0 Å². The van der Waals surface area contributed by atoms with Crippen molar-refractivity contribution >= 4 is 5.82 Å². The number of rotatable bonds is 2. The van der Waals surface area contributed by atoms with E-state index >= 15 is 0 Å². The van der Waals surface area contributed by atoms with Crippen molar-refractivity contribution in [3.8, 4) is 0 Å². The van der Waals surface area contributed by atoms with Gasteiger partial charge in [-0.2, -0.15) is 0 Å². The summed E-state index contributed by atoms with van der Waals surface area (Å²) < 4.78 is 5.77. The van der Waals surface area contributed by atoms with Crippen molar-refractivity contribution in [1.29, 1.82) is 0 Å². The molecule has 1 aliphatic heterocycles. The van der Waals surface area contributed by atoms with Crippen molar-refractivity contribution in [3.63, 3.8) is 0 Å². The molecule has 3 N–H and O–H groups in total. The van der Waals surface area contributed by atoms with Crippen LogP contribution in [0.25, 0.3) is 0 Å². The van der Waals surface area contributed by atoms with E-state index in [0.29, 0.717) is 5.92 Å². The van der Waals surface area contributed by atoms with Gasteiger partial charge >= 0.3 is 0 Å². The summed E-state index contributed by atoms with van der Waals surface area (Å²) in [6.07, 6.45) is 7.68. The van der Waals surface area contributed by atoms with E-state index in [1.165, 1.54) is 24.1 Å². The maximum absolute atomic E-state index is 6.25. The molecule has 2 fully saturated rings. The molecule has 0 aromatic carbocycles. The van der Waals surface area contributed by atoms with Gasteiger partial charge in [-0.05, 0) is 32.1 Å². The Morgan fingerprint density at radius 2 is 2.16 bits per heavy atom. The Bertz CT molecular complexity index is 492. The van der Waals surface area contributed by atoms with Crippen molar-refractivity contribution in [1.82, 2.24) is 9.97 Å². The highest BCUT2D eigenvalue weighted by Gasteiger charge is 2.52. The lowest BCUT2D eigenvalue weighted by atomic mass is 9.72. The van der Waals surface area contributed by atoms with Crippen molar-refractivity contribution < 1.29 is 4.74 Å². The number of aromatic nitrogens is 2. The predicted octanol–water partition coefficient (Wildman–Crippen LogP) is 0.882. The molecule has 3 aliphatic rings. The van der Waals surface area contributed by atoms with Gasteiger partial charge < -0.3 is 15.8 Å². The van der Waals surface area contributed by atoms with Crippen molar-refractivity contribution in [3.05, 3.63) is 17.6 Å². The van der Waals surface area contributed by atoms with Gasteiger partial charge in [0.25, 0.3) is 0 Å². The average molecular weight is 260 g/mol. The van der Waals surface area contributed by atoms with Crippen molar-refractivity contribution in [2.75, 3.05) is 11.9 Å². The van der Waals surface area contributed by atoms with E-state index in [-0.39, 0.29) is 18.2 Å². The van der Waals surface area contributed by atoms with Crippen molar-refractivity contribution in [2.24, 2.45) is 11.7 Å². The molecule has 0 spiro atoms. The molecule has 1 aromatic rings. The van der Waals surface area contributed by atoms with Gasteiger partial charge in [-0.3, -0.25) is 0 Å². The van der Waals surface area contributed by atoms with Gasteiger partial charge in [0, 0.05) is 29.8 Å². The Hall–Kier alpha value is -1.20. The van der Waals surface area contributed by atoms with Crippen LogP contribution in [0.1, 0.15) is 30.5 Å². The number of hydrogen-bond acceptors (Lipinski definition) is 5. The average Bonchev–Trinajstić information content (AvgIpc) is 2.89. The minimum Gasteiger partial charge on any atom is -0.376 e. The number of nitrogens with one attached hydrogen (secondary N) is 1. The third-order valence-corrected chi connectivity index (χ3v) is 4.87. The lowest BCUT2D eigenvalue weighted by Gasteiger charge is -2.46. The third kappa shape index (κ3) is 1.75. The SMILES string of the molecule is NC1C2CCOC2C1Nc1ncnc2c1CCCC2. The van der Waals surface area contributed by atoms with Crippen LogP contribution in [0.4, 0.5) is 5.82 Å². The van der Waals surface area contributed by atoms with Crippen LogP contribution in [-0.4, -0.2) is 34.8 Å². The summed E-state index contributed by atoms with van der Waals surface area (Å²) in [5.41, 5.74) is 8.75. The number of aryl methyl sites for hydroxylation is 1. The molecule has 4 atom stereocenters. The van der Waals surface area contributed by atoms with Crippen LogP contribution < -0.4 is 11.1 Å². The van der Waals surface area contributed by atoms with E-state index in [4.69, 9.17) is 10.5 Å². The number of hydrogen-bond donors (Lipinski definition) is 2. The fraction of sp³-hybridized carbons (Fsp3) is 0.714. The first-order valence-electron chi connectivity index (χ1n) is 7.31. The summed E-state index contributed by atoms with van der Waals surface area (Å²) in [4.78, 5) is 8.83. The summed E-state index contributed by atoms with van der Waals surface area (Å²) in [5.74, 6) is 1.52. The Labute approximate surface area is 113 Å². The van der Waals surface area contributed by atoms with E-state index in [1.807, 2.05) is 0 Å². The summed E-state index contributed by atoms with van der Waals surface area (Å²) in [6.45, 7) is 0.850. The second kappa shape index (κ2) is 4.42. The molecule has 1 aromatic heterocycles. The zero-order chi connectivity index (χ0) is 12.8. The highest BCUT2D eigenvalue weighted by atomic mass is 16.5. The van der Waals surface area contributed by atoms with Crippen LogP contribution in [0, 0.1) is 5.92 Å². The van der Waals surface area contributed by atoms with Gasteiger partial charge in [-0.25, -0.2) is 9.97 Å². The van der Waals surface area contributed by atoms with Crippen LogP contribution >= 0.6 is 0 Å². The summed E-state index contributed by atoms with van der Waals surface area (Å²) >= 11 is 0. The van der Waals surface area contributed by atoms with Gasteiger partial charge in [0.15, 0.2) is 0 Å². The number of fused-ring (bicyclic) bond motifs is 2. The normalized spacial score (nSPS) is 36.3. The molecule has 0 bridgehead atoms. The number of ether oxygens (including phenoxy) is 1. The molecule has 4 rings (SSSR count). The van der Waals surface area contributed by atoms with Gasteiger partial charge in [0.05, 0.1) is 12.1 Å². The van der Waals surface area contributed by atoms with Crippen molar-refractivity contribution in [2.45, 2.75) is 50.3 Å². The topological polar surface area (TPSA) is 73.1 Å². The minimum atomic E-state index is 0.196. The molecule has 5 nitrogen and oxygen atoms in total. The molecule has 2 heterocycles. The van der Waals surface area contributed by atoms with E-state index in [0.717, 1.165) is 31.7 Å². The molecule has 1 saturated heterocycles. The number of nitrogens with two attached hydrogens (primary N) is 1. The molecule has 2 aliphatic carbocycles. The highest BCUT2D eigenvalue weighted by Crippen LogP contribution is 2.39. The van der Waals surface area contributed by atoms with Crippen LogP contribution in [0.5, 0.6) is 0 Å². The first kappa shape index (κ1) is 11.6. The van der Waals surface area contributed by atoms with E-state index in [2.05, 4.69) is 15.3 Å². The quantitative estimate of drug-likeness (QED) is 0.826. The van der Waals surface area contributed by atoms with Crippen LogP contribution in [0.15, 0.2) is 6.33 Å². The first-order chi connectivity index (χ1) is 9.34. The Kier molecular flexibility index (Phi) is 2.70. The van der Waals surface area contributed by atoms with Gasteiger partial charge in [-0.1, -0.05) is 0 Å². The first-order valence-corrected chi connectivity index (χ1v) is 7.31. The summed E-state index contributed by atoms with van der Waals surface area (Å²) in [7, 11) is 0. The molecular weight excluding hydrogens is 240 g/mol. The van der Waals surface area contributed by atoms with Gasteiger partial charge in [0.1, 0.15) is 12.1 Å². The molecule has 0 radical (unpaired) electrons. The van der Waals surface area contributed by atoms with Crippen LogP contribution in [0.3, 0.4) is 0 Å². The van der Waals surface area contributed by atoms with E-state index in [9.17, 15) is 0 Å². The fourth-order valence-corrected chi connectivity index (χ4v) is 3.73. The Morgan fingerprint density at radius 1 is 1.26 bits per heavy atom. The summed E-state index contributed by atoms with van der Waals surface area (Å²) in [5, 5.41) is 3.53. The zero-order valence-corrected chi connectivity index (χ0v) is 11.0. The monoisotopic (exact) mass is 260 g/mol. The summed E-state index contributed by atoms with van der Waals surface area (Å²) in [6, 6.07) is 0.412. The smallest absolute Gasteiger partial charge is 0.133 e. The van der Waals surface area contributed by atoms with Gasteiger partial charge in [0.2, 0.25) is 0 Å². The fourth-order valence-electron chi connectivity index (χ4n) is 3.73. The minimum absolute atomic E-state index is 0.196. The molecular formula is C14H20N4O.